The number of benzene rings is 1. The van der Waals surface area contributed by atoms with Crippen LogP contribution in [-0.2, 0) is 6.54 Å². The molecular formula is C16H19ClN4S. The highest BCUT2D eigenvalue weighted by Crippen LogP contribution is 2.22. The Balaban J connectivity index is 2.18. The van der Waals surface area contributed by atoms with E-state index >= 15 is 0 Å². The SMILES string of the molecule is C=CCNC(=S)Nc1c(C)nn(Cc2ccccc2Cl)c1C. The van der Waals surface area contributed by atoms with Gasteiger partial charge in [-0.25, -0.2) is 0 Å². The van der Waals surface area contributed by atoms with Crippen LogP contribution < -0.4 is 10.6 Å². The van der Waals surface area contributed by atoms with Crippen molar-refractivity contribution in [3.63, 3.8) is 0 Å². The molecule has 2 aromatic rings. The molecule has 0 saturated heterocycles. The Kier molecular flexibility index (Phi) is 5.57. The molecule has 0 fully saturated rings. The van der Waals surface area contributed by atoms with E-state index in [0.717, 1.165) is 27.7 Å². The Morgan fingerprint density at radius 1 is 1.41 bits per heavy atom. The summed E-state index contributed by atoms with van der Waals surface area (Å²) in [6.45, 7) is 8.87. The zero-order valence-electron chi connectivity index (χ0n) is 12.7. The van der Waals surface area contributed by atoms with E-state index < -0.39 is 0 Å². The largest absolute Gasteiger partial charge is 0.359 e. The van der Waals surface area contributed by atoms with Crippen LogP contribution in [0.4, 0.5) is 5.69 Å². The zero-order valence-corrected chi connectivity index (χ0v) is 14.3. The Bertz CT molecular complexity index is 693. The monoisotopic (exact) mass is 334 g/mol. The lowest BCUT2D eigenvalue weighted by Crippen LogP contribution is -2.28. The summed E-state index contributed by atoms with van der Waals surface area (Å²) in [5.41, 5.74) is 3.87. The number of rotatable bonds is 5. The first-order valence-electron chi connectivity index (χ1n) is 6.96. The predicted octanol–water partition coefficient (Wildman–Crippen LogP) is 3.67. The van der Waals surface area contributed by atoms with E-state index in [0.29, 0.717) is 18.2 Å². The molecule has 0 aliphatic carbocycles. The van der Waals surface area contributed by atoms with Crippen molar-refractivity contribution in [3.05, 3.63) is 58.9 Å². The molecule has 0 spiro atoms. The minimum Gasteiger partial charge on any atom is -0.359 e. The standard InChI is InChI=1S/C16H19ClN4S/c1-4-9-18-16(22)19-15-11(2)20-21(12(15)3)10-13-7-5-6-8-14(13)17/h4-8H,1,9-10H2,2-3H3,(H2,18,19,22). The van der Waals surface area contributed by atoms with Gasteiger partial charge in [0.15, 0.2) is 5.11 Å². The lowest BCUT2D eigenvalue weighted by Gasteiger charge is -2.10. The molecular weight excluding hydrogens is 316 g/mol. The number of aryl methyl sites for hydroxylation is 1. The summed E-state index contributed by atoms with van der Waals surface area (Å²) >= 11 is 11.5. The van der Waals surface area contributed by atoms with Gasteiger partial charge in [-0.05, 0) is 37.7 Å². The van der Waals surface area contributed by atoms with Gasteiger partial charge in [0.2, 0.25) is 0 Å². The third-order valence-corrected chi connectivity index (χ3v) is 3.92. The number of hydrogen-bond acceptors (Lipinski definition) is 2. The fourth-order valence-corrected chi connectivity index (χ4v) is 2.52. The van der Waals surface area contributed by atoms with Crippen LogP contribution in [0.2, 0.25) is 5.02 Å². The van der Waals surface area contributed by atoms with Crippen molar-refractivity contribution in [2.75, 3.05) is 11.9 Å². The molecule has 0 amide bonds. The first-order valence-corrected chi connectivity index (χ1v) is 7.74. The molecule has 1 heterocycles. The second-order valence-electron chi connectivity index (χ2n) is 4.92. The van der Waals surface area contributed by atoms with E-state index in [1.54, 1.807) is 6.08 Å². The third kappa shape index (κ3) is 3.87. The number of nitrogens with one attached hydrogen (secondary N) is 2. The molecule has 0 unspecified atom stereocenters. The smallest absolute Gasteiger partial charge is 0.171 e. The van der Waals surface area contributed by atoms with Crippen LogP contribution in [-0.4, -0.2) is 21.4 Å². The second-order valence-corrected chi connectivity index (χ2v) is 5.73. The Morgan fingerprint density at radius 2 is 2.14 bits per heavy atom. The van der Waals surface area contributed by atoms with Crippen LogP contribution in [0.25, 0.3) is 0 Å². The van der Waals surface area contributed by atoms with Crippen LogP contribution in [0.1, 0.15) is 17.0 Å². The van der Waals surface area contributed by atoms with Crippen molar-refractivity contribution < 1.29 is 0 Å². The lowest BCUT2D eigenvalue weighted by molar-refractivity contribution is 0.659. The average Bonchev–Trinajstić information content (AvgIpc) is 2.75. The van der Waals surface area contributed by atoms with E-state index in [1.165, 1.54) is 0 Å². The Morgan fingerprint density at radius 3 is 2.82 bits per heavy atom. The Labute approximate surface area is 141 Å². The molecule has 1 aromatic carbocycles. The molecule has 2 N–H and O–H groups in total. The van der Waals surface area contributed by atoms with E-state index in [-0.39, 0.29) is 0 Å². The first kappa shape index (κ1) is 16.5. The summed E-state index contributed by atoms with van der Waals surface area (Å²) in [5.74, 6) is 0. The topological polar surface area (TPSA) is 41.9 Å². The lowest BCUT2D eigenvalue weighted by atomic mass is 10.2. The van der Waals surface area contributed by atoms with Crippen molar-refractivity contribution in [2.45, 2.75) is 20.4 Å². The normalized spacial score (nSPS) is 10.3. The van der Waals surface area contributed by atoms with Gasteiger partial charge in [-0.2, -0.15) is 5.10 Å². The molecule has 6 heteroatoms. The number of anilines is 1. The zero-order chi connectivity index (χ0) is 16.1. The molecule has 0 aliphatic rings. The van der Waals surface area contributed by atoms with Crippen molar-refractivity contribution in [1.82, 2.24) is 15.1 Å². The van der Waals surface area contributed by atoms with E-state index in [2.05, 4.69) is 22.3 Å². The van der Waals surface area contributed by atoms with E-state index in [9.17, 15) is 0 Å². The van der Waals surface area contributed by atoms with Crippen molar-refractivity contribution in [2.24, 2.45) is 0 Å². The summed E-state index contributed by atoms with van der Waals surface area (Å²) in [4.78, 5) is 0. The van der Waals surface area contributed by atoms with Gasteiger partial charge in [0, 0.05) is 11.6 Å². The molecule has 116 valence electrons. The number of nitrogens with zero attached hydrogens (tertiary/aromatic N) is 2. The molecule has 0 saturated carbocycles. The highest BCUT2D eigenvalue weighted by Gasteiger charge is 2.13. The minimum atomic E-state index is 0.559. The molecule has 0 atom stereocenters. The summed E-state index contributed by atoms with van der Waals surface area (Å²) in [6, 6.07) is 7.78. The maximum atomic E-state index is 6.22. The second kappa shape index (κ2) is 7.42. The molecule has 1 aromatic heterocycles. The number of thiocarbonyl (C=S) groups is 1. The fraction of sp³-hybridized carbons (Fsp3) is 0.250. The number of halogens is 1. The molecule has 0 aliphatic heterocycles. The molecule has 0 radical (unpaired) electrons. The minimum absolute atomic E-state index is 0.559. The highest BCUT2D eigenvalue weighted by molar-refractivity contribution is 7.80. The van der Waals surface area contributed by atoms with Crippen LogP contribution >= 0.6 is 23.8 Å². The van der Waals surface area contributed by atoms with Gasteiger partial charge in [-0.3, -0.25) is 4.68 Å². The van der Waals surface area contributed by atoms with Gasteiger partial charge in [-0.1, -0.05) is 35.9 Å². The van der Waals surface area contributed by atoms with Crippen molar-refractivity contribution in [1.29, 1.82) is 0 Å². The van der Waals surface area contributed by atoms with E-state index in [1.807, 2.05) is 42.8 Å². The summed E-state index contributed by atoms with van der Waals surface area (Å²) < 4.78 is 1.93. The first-order chi connectivity index (χ1) is 10.5. The van der Waals surface area contributed by atoms with E-state index in [4.69, 9.17) is 23.8 Å². The number of hydrogen-bond donors (Lipinski definition) is 2. The van der Waals surface area contributed by atoms with Gasteiger partial charge >= 0.3 is 0 Å². The van der Waals surface area contributed by atoms with Crippen molar-refractivity contribution >= 4 is 34.6 Å². The van der Waals surface area contributed by atoms with Crippen molar-refractivity contribution in [3.8, 4) is 0 Å². The quantitative estimate of drug-likeness (QED) is 0.646. The average molecular weight is 335 g/mol. The van der Waals surface area contributed by atoms with Gasteiger partial charge in [-0.15, -0.1) is 6.58 Å². The molecule has 0 bridgehead atoms. The molecule has 4 nitrogen and oxygen atoms in total. The van der Waals surface area contributed by atoms with Crippen LogP contribution in [0.15, 0.2) is 36.9 Å². The third-order valence-electron chi connectivity index (χ3n) is 3.30. The van der Waals surface area contributed by atoms with Gasteiger partial charge < -0.3 is 10.6 Å². The molecule has 22 heavy (non-hydrogen) atoms. The van der Waals surface area contributed by atoms with Gasteiger partial charge in [0.25, 0.3) is 0 Å². The van der Waals surface area contributed by atoms with Gasteiger partial charge in [0.05, 0.1) is 23.6 Å². The fourth-order valence-electron chi connectivity index (χ4n) is 2.14. The van der Waals surface area contributed by atoms with Crippen LogP contribution in [0.3, 0.4) is 0 Å². The molecule has 2 rings (SSSR count). The summed E-state index contributed by atoms with van der Waals surface area (Å²) in [6.07, 6.45) is 1.76. The summed E-state index contributed by atoms with van der Waals surface area (Å²) in [7, 11) is 0. The Hall–Kier alpha value is -1.85. The van der Waals surface area contributed by atoms with Crippen LogP contribution in [0, 0.1) is 13.8 Å². The maximum absolute atomic E-state index is 6.22. The predicted molar refractivity (Wildman–Crippen MR) is 96.7 cm³/mol. The number of aromatic nitrogens is 2. The van der Waals surface area contributed by atoms with Crippen LogP contribution in [0.5, 0.6) is 0 Å². The highest BCUT2D eigenvalue weighted by atomic mass is 35.5. The maximum Gasteiger partial charge on any atom is 0.171 e. The summed E-state index contributed by atoms with van der Waals surface area (Å²) in [5, 5.41) is 12.1. The van der Waals surface area contributed by atoms with Gasteiger partial charge in [0.1, 0.15) is 0 Å².